The second-order valence-electron chi connectivity index (χ2n) is 5.40. The summed E-state index contributed by atoms with van der Waals surface area (Å²) in [7, 11) is 0. The van der Waals surface area contributed by atoms with Crippen molar-refractivity contribution in [3.63, 3.8) is 0 Å². The van der Waals surface area contributed by atoms with E-state index in [-0.39, 0.29) is 5.78 Å². The fourth-order valence-electron chi connectivity index (χ4n) is 2.52. The van der Waals surface area contributed by atoms with E-state index in [4.69, 9.17) is 0 Å². The molecule has 0 radical (unpaired) electrons. The maximum atomic E-state index is 13.1. The Balaban J connectivity index is 1.71. The van der Waals surface area contributed by atoms with Crippen molar-refractivity contribution in [2.75, 3.05) is 0 Å². The van der Waals surface area contributed by atoms with Crippen LogP contribution in [0.5, 0.6) is 0 Å². The van der Waals surface area contributed by atoms with Crippen LogP contribution in [0.15, 0.2) is 84.3 Å². The van der Waals surface area contributed by atoms with E-state index in [0.717, 1.165) is 5.56 Å². The zero-order chi connectivity index (χ0) is 17.1. The number of hydrogen-bond donors (Lipinski definition) is 0. The van der Waals surface area contributed by atoms with E-state index in [0.29, 0.717) is 16.5 Å². The molecular weight excluding hydrogens is 332 g/mol. The molecule has 4 aromatic rings. The minimum Gasteiger partial charge on any atom is -0.293 e. The SMILES string of the molecule is O=C(c1ccccc1)C(Sc1nc2ncccn2n1)c1ccccc1. The number of carbonyl (C=O) groups is 1. The van der Waals surface area contributed by atoms with Crippen molar-refractivity contribution in [2.24, 2.45) is 0 Å². The number of Topliss-reactive ketones (excluding diaryl/α,β-unsaturated/α-hetero) is 1. The number of carbonyl (C=O) groups excluding carboxylic acids is 1. The first kappa shape index (κ1) is 15.5. The van der Waals surface area contributed by atoms with Crippen molar-refractivity contribution in [3.8, 4) is 0 Å². The lowest BCUT2D eigenvalue weighted by molar-refractivity contribution is 0.0989. The first-order chi connectivity index (χ1) is 12.3. The Hall–Kier alpha value is -2.99. The molecule has 0 saturated heterocycles. The summed E-state index contributed by atoms with van der Waals surface area (Å²) in [5, 5.41) is 4.52. The number of hydrogen-bond acceptors (Lipinski definition) is 5. The zero-order valence-corrected chi connectivity index (χ0v) is 14.0. The standard InChI is InChI=1S/C19H14N4OS/c24-16(14-8-3-1-4-9-14)17(15-10-5-2-6-11-15)25-19-21-18-20-12-7-13-23(18)22-19/h1-13,17H. The molecule has 0 fully saturated rings. The predicted octanol–water partition coefficient (Wildman–Crippen LogP) is 3.84. The van der Waals surface area contributed by atoms with Gasteiger partial charge in [0.2, 0.25) is 5.16 Å². The number of benzene rings is 2. The number of nitrogens with zero attached hydrogens (tertiary/aromatic N) is 4. The van der Waals surface area contributed by atoms with Gasteiger partial charge in [0, 0.05) is 18.0 Å². The fourth-order valence-corrected chi connectivity index (χ4v) is 3.54. The lowest BCUT2D eigenvalue weighted by Gasteiger charge is -2.14. The molecule has 6 heteroatoms. The van der Waals surface area contributed by atoms with E-state index in [9.17, 15) is 4.79 Å². The Morgan fingerprint density at radius 1 is 0.960 bits per heavy atom. The maximum absolute atomic E-state index is 13.1. The highest BCUT2D eigenvalue weighted by Gasteiger charge is 2.25. The average Bonchev–Trinajstić information content (AvgIpc) is 3.09. The van der Waals surface area contributed by atoms with Crippen molar-refractivity contribution >= 4 is 23.3 Å². The molecule has 0 bridgehead atoms. The number of rotatable bonds is 5. The molecule has 4 rings (SSSR count). The molecule has 0 saturated carbocycles. The van der Waals surface area contributed by atoms with Crippen LogP contribution in [-0.2, 0) is 0 Å². The van der Waals surface area contributed by atoms with Crippen molar-refractivity contribution < 1.29 is 4.79 Å². The van der Waals surface area contributed by atoms with Crippen LogP contribution in [0.25, 0.3) is 5.78 Å². The minimum atomic E-state index is -0.416. The van der Waals surface area contributed by atoms with E-state index in [1.54, 1.807) is 23.0 Å². The third-order valence-electron chi connectivity index (χ3n) is 3.72. The molecule has 0 aliphatic rings. The monoisotopic (exact) mass is 346 g/mol. The van der Waals surface area contributed by atoms with E-state index < -0.39 is 5.25 Å². The summed E-state index contributed by atoms with van der Waals surface area (Å²) in [6.45, 7) is 0. The summed E-state index contributed by atoms with van der Waals surface area (Å²) >= 11 is 1.34. The molecular formula is C19H14N4OS. The van der Waals surface area contributed by atoms with Crippen molar-refractivity contribution in [3.05, 3.63) is 90.3 Å². The van der Waals surface area contributed by atoms with Crippen LogP contribution in [0.3, 0.4) is 0 Å². The molecule has 2 aromatic heterocycles. The Bertz CT molecular complexity index is 969. The highest BCUT2D eigenvalue weighted by atomic mass is 32.2. The smallest absolute Gasteiger partial charge is 0.253 e. The molecule has 2 heterocycles. The normalized spacial score (nSPS) is 12.2. The van der Waals surface area contributed by atoms with Gasteiger partial charge < -0.3 is 0 Å². The van der Waals surface area contributed by atoms with Crippen LogP contribution >= 0.6 is 11.8 Å². The topological polar surface area (TPSA) is 60.2 Å². The Kier molecular flexibility index (Phi) is 4.26. The van der Waals surface area contributed by atoms with Gasteiger partial charge in [0.1, 0.15) is 5.25 Å². The maximum Gasteiger partial charge on any atom is 0.253 e. The molecule has 122 valence electrons. The predicted molar refractivity (Wildman–Crippen MR) is 96.6 cm³/mol. The molecule has 5 nitrogen and oxygen atoms in total. The summed E-state index contributed by atoms with van der Waals surface area (Å²) in [6, 6.07) is 20.8. The molecule has 0 spiro atoms. The quantitative estimate of drug-likeness (QED) is 0.406. The van der Waals surface area contributed by atoms with Crippen LogP contribution in [0.1, 0.15) is 21.2 Å². The van der Waals surface area contributed by atoms with Gasteiger partial charge in [-0.25, -0.2) is 9.50 Å². The molecule has 1 atom stereocenters. The molecule has 0 aliphatic heterocycles. The molecule has 0 aliphatic carbocycles. The average molecular weight is 346 g/mol. The van der Waals surface area contributed by atoms with E-state index in [2.05, 4.69) is 15.1 Å². The van der Waals surface area contributed by atoms with Crippen molar-refractivity contribution in [2.45, 2.75) is 10.4 Å². The second-order valence-corrected chi connectivity index (χ2v) is 6.47. The Morgan fingerprint density at radius 2 is 1.68 bits per heavy atom. The van der Waals surface area contributed by atoms with E-state index in [1.165, 1.54) is 11.8 Å². The van der Waals surface area contributed by atoms with Gasteiger partial charge in [0.25, 0.3) is 5.78 Å². The van der Waals surface area contributed by atoms with Gasteiger partial charge in [-0.15, -0.1) is 5.10 Å². The number of thioether (sulfide) groups is 1. The van der Waals surface area contributed by atoms with Crippen LogP contribution in [-0.4, -0.2) is 25.4 Å². The van der Waals surface area contributed by atoms with Gasteiger partial charge >= 0.3 is 0 Å². The number of fused-ring (bicyclic) bond motifs is 1. The first-order valence-corrected chi connectivity index (χ1v) is 8.67. The summed E-state index contributed by atoms with van der Waals surface area (Å²) in [5.74, 6) is 0.549. The number of ketones is 1. The third kappa shape index (κ3) is 3.29. The van der Waals surface area contributed by atoms with Gasteiger partial charge in [-0.2, -0.15) is 4.98 Å². The Labute approximate surface area is 148 Å². The van der Waals surface area contributed by atoms with E-state index >= 15 is 0 Å². The summed E-state index contributed by atoms with van der Waals surface area (Å²) in [4.78, 5) is 21.6. The molecule has 25 heavy (non-hydrogen) atoms. The van der Waals surface area contributed by atoms with Gasteiger partial charge in [0.15, 0.2) is 5.78 Å². The lowest BCUT2D eigenvalue weighted by Crippen LogP contribution is -2.10. The van der Waals surface area contributed by atoms with Gasteiger partial charge in [-0.1, -0.05) is 72.4 Å². The molecule has 2 aromatic carbocycles. The van der Waals surface area contributed by atoms with Crippen molar-refractivity contribution in [1.29, 1.82) is 0 Å². The molecule has 0 N–H and O–H groups in total. The van der Waals surface area contributed by atoms with Gasteiger partial charge in [0.05, 0.1) is 0 Å². The highest BCUT2D eigenvalue weighted by molar-refractivity contribution is 8.00. The van der Waals surface area contributed by atoms with Crippen LogP contribution in [0.4, 0.5) is 0 Å². The van der Waals surface area contributed by atoms with Gasteiger partial charge in [-0.05, 0) is 11.6 Å². The highest BCUT2D eigenvalue weighted by Crippen LogP contribution is 2.36. The van der Waals surface area contributed by atoms with Gasteiger partial charge in [-0.3, -0.25) is 4.79 Å². The first-order valence-electron chi connectivity index (χ1n) is 7.79. The number of aromatic nitrogens is 4. The largest absolute Gasteiger partial charge is 0.293 e. The van der Waals surface area contributed by atoms with Crippen LogP contribution in [0, 0.1) is 0 Å². The minimum absolute atomic E-state index is 0.0311. The Morgan fingerprint density at radius 3 is 2.40 bits per heavy atom. The third-order valence-corrected chi connectivity index (χ3v) is 4.82. The summed E-state index contributed by atoms with van der Waals surface area (Å²) < 4.78 is 1.61. The zero-order valence-electron chi connectivity index (χ0n) is 13.2. The van der Waals surface area contributed by atoms with E-state index in [1.807, 2.05) is 60.7 Å². The van der Waals surface area contributed by atoms with Crippen molar-refractivity contribution in [1.82, 2.24) is 19.6 Å². The summed E-state index contributed by atoms with van der Waals surface area (Å²) in [5.41, 5.74) is 1.60. The lowest BCUT2D eigenvalue weighted by atomic mass is 10.0. The summed E-state index contributed by atoms with van der Waals surface area (Å²) in [6.07, 6.45) is 3.46. The van der Waals surface area contributed by atoms with Crippen LogP contribution < -0.4 is 0 Å². The molecule has 0 amide bonds. The molecule has 1 unspecified atom stereocenters. The fraction of sp³-hybridized carbons (Fsp3) is 0.0526. The second kappa shape index (κ2) is 6.86. The van der Waals surface area contributed by atoms with Crippen LogP contribution in [0.2, 0.25) is 0 Å².